The van der Waals surface area contributed by atoms with E-state index < -0.39 is 11.7 Å². The van der Waals surface area contributed by atoms with Crippen LogP contribution in [0.25, 0.3) is 0 Å². The van der Waals surface area contributed by atoms with Gasteiger partial charge < -0.3 is 10.6 Å². The van der Waals surface area contributed by atoms with Gasteiger partial charge in [-0.1, -0.05) is 30.3 Å². The summed E-state index contributed by atoms with van der Waals surface area (Å²) in [7, 11) is 0. The van der Waals surface area contributed by atoms with Crippen LogP contribution in [0.1, 0.15) is 29.7 Å². The molecule has 23 heavy (non-hydrogen) atoms. The number of nitrogens with one attached hydrogen (secondary N) is 2. The summed E-state index contributed by atoms with van der Waals surface area (Å²) in [6.45, 7) is 3.94. The van der Waals surface area contributed by atoms with Crippen molar-refractivity contribution in [2.24, 2.45) is 0 Å². The van der Waals surface area contributed by atoms with Crippen LogP contribution in [-0.2, 0) is 6.18 Å². The molecule has 6 heteroatoms. The van der Waals surface area contributed by atoms with Crippen LogP contribution in [0.3, 0.4) is 0 Å². The summed E-state index contributed by atoms with van der Waals surface area (Å²) in [6.07, 6.45) is -4.37. The highest BCUT2D eigenvalue weighted by atomic mass is 32.1. The number of aryl methyl sites for hydroxylation is 1. The summed E-state index contributed by atoms with van der Waals surface area (Å²) in [6, 6.07) is 12.8. The molecule has 1 atom stereocenters. The van der Waals surface area contributed by atoms with Crippen LogP contribution >= 0.6 is 12.2 Å². The van der Waals surface area contributed by atoms with Crippen LogP contribution < -0.4 is 10.6 Å². The average Bonchev–Trinajstić information content (AvgIpc) is 2.46. The SMILES string of the molecule is Cc1ccccc1[C@H](C)NC(=S)Nc1cccc(C(F)(F)F)c1. The molecule has 2 aromatic carbocycles. The standard InChI is InChI=1S/C17H17F3N2S/c1-11-6-3-4-9-15(11)12(2)21-16(23)22-14-8-5-7-13(10-14)17(18,19)20/h3-10,12H,1-2H3,(H2,21,22,23)/t12-/m0/s1. The molecule has 0 amide bonds. The Balaban J connectivity index is 2.04. The van der Waals surface area contributed by atoms with Crippen molar-refractivity contribution in [3.63, 3.8) is 0 Å². The molecule has 2 rings (SSSR count). The van der Waals surface area contributed by atoms with Crippen LogP contribution in [0.5, 0.6) is 0 Å². The monoisotopic (exact) mass is 338 g/mol. The van der Waals surface area contributed by atoms with Crippen molar-refractivity contribution in [3.05, 3.63) is 65.2 Å². The van der Waals surface area contributed by atoms with E-state index >= 15 is 0 Å². The van der Waals surface area contributed by atoms with Gasteiger partial charge in [-0.25, -0.2) is 0 Å². The van der Waals surface area contributed by atoms with Crippen molar-refractivity contribution < 1.29 is 13.2 Å². The number of anilines is 1. The highest BCUT2D eigenvalue weighted by Gasteiger charge is 2.30. The molecule has 0 aliphatic carbocycles. The quantitative estimate of drug-likeness (QED) is 0.765. The van der Waals surface area contributed by atoms with Gasteiger partial charge in [0.1, 0.15) is 0 Å². The minimum Gasteiger partial charge on any atom is -0.356 e. The molecule has 2 aromatic rings. The molecule has 0 heterocycles. The largest absolute Gasteiger partial charge is 0.416 e. The maximum Gasteiger partial charge on any atom is 0.416 e. The highest BCUT2D eigenvalue weighted by molar-refractivity contribution is 7.80. The second-order valence-corrected chi connectivity index (χ2v) is 5.66. The third-order valence-corrected chi connectivity index (χ3v) is 3.67. The summed E-state index contributed by atoms with van der Waals surface area (Å²) in [5, 5.41) is 6.16. The van der Waals surface area contributed by atoms with E-state index in [-0.39, 0.29) is 11.2 Å². The van der Waals surface area contributed by atoms with Crippen LogP contribution in [0.15, 0.2) is 48.5 Å². The number of rotatable bonds is 3. The first-order valence-electron chi connectivity index (χ1n) is 7.07. The van der Waals surface area contributed by atoms with E-state index in [1.807, 2.05) is 38.1 Å². The number of alkyl halides is 3. The Kier molecular flexibility index (Phi) is 5.26. The third-order valence-electron chi connectivity index (χ3n) is 3.45. The Hall–Kier alpha value is -2.08. The summed E-state index contributed by atoms with van der Waals surface area (Å²) in [5.74, 6) is 0. The molecular weight excluding hydrogens is 321 g/mol. The van der Waals surface area contributed by atoms with E-state index in [0.717, 1.165) is 23.3 Å². The van der Waals surface area contributed by atoms with E-state index in [1.54, 1.807) is 6.07 Å². The smallest absolute Gasteiger partial charge is 0.356 e. The van der Waals surface area contributed by atoms with Gasteiger partial charge >= 0.3 is 6.18 Å². The zero-order chi connectivity index (χ0) is 17.0. The fourth-order valence-electron chi connectivity index (χ4n) is 2.29. The lowest BCUT2D eigenvalue weighted by Crippen LogP contribution is -2.31. The second-order valence-electron chi connectivity index (χ2n) is 5.26. The van der Waals surface area contributed by atoms with Crippen LogP contribution in [-0.4, -0.2) is 5.11 Å². The van der Waals surface area contributed by atoms with Crippen molar-refractivity contribution >= 4 is 23.0 Å². The molecule has 0 radical (unpaired) electrons. The molecule has 0 spiro atoms. The molecule has 0 saturated heterocycles. The van der Waals surface area contributed by atoms with Crippen molar-refractivity contribution in [2.45, 2.75) is 26.1 Å². The van der Waals surface area contributed by atoms with E-state index in [0.29, 0.717) is 5.69 Å². The molecular formula is C17H17F3N2S. The fourth-order valence-corrected chi connectivity index (χ4v) is 2.58. The lowest BCUT2D eigenvalue weighted by molar-refractivity contribution is -0.137. The molecule has 0 saturated carbocycles. The normalized spacial score (nSPS) is 12.6. The van der Waals surface area contributed by atoms with Gasteiger partial charge in [-0.05, 0) is 55.4 Å². The summed E-state index contributed by atoms with van der Waals surface area (Å²) < 4.78 is 38.1. The lowest BCUT2D eigenvalue weighted by atomic mass is 10.0. The summed E-state index contributed by atoms with van der Waals surface area (Å²) in [5.41, 5.74) is 1.79. The molecule has 0 bridgehead atoms. The second kappa shape index (κ2) is 7.00. The average molecular weight is 338 g/mol. The van der Waals surface area contributed by atoms with Gasteiger partial charge in [0.25, 0.3) is 0 Å². The number of halogens is 3. The molecule has 0 unspecified atom stereocenters. The molecule has 0 fully saturated rings. The van der Waals surface area contributed by atoms with Crippen molar-refractivity contribution in [2.75, 3.05) is 5.32 Å². The Morgan fingerprint density at radius 2 is 1.78 bits per heavy atom. The maximum absolute atomic E-state index is 12.7. The Bertz CT molecular complexity index is 698. The first kappa shape index (κ1) is 17.3. The minimum absolute atomic E-state index is 0.0537. The number of hydrogen-bond donors (Lipinski definition) is 2. The molecule has 0 aromatic heterocycles. The Labute approximate surface area is 138 Å². The van der Waals surface area contributed by atoms with Crippen molar-refractivity contribution in [1.82, 2.24) is 5.32 Å². The molecule has 2 N–H and O–H groups in total. The van der Waals surface area contributed by atoms with E-state index in [9.17, 15) is 13.2 Å². The summed E-state index contributed by atoms with van der Waals surface area (Å²) in [4.78, 5) is 0. The topological polar surface area (TPSA) is 24.1 Å². The molecule has 0 aliphatic heterocycles. The van der Waals surface area contributed by atoms with Gasteiger partial charge in [0.15, 0.2) is 5.11 Å². The lowest BCUT2D eigenvalue weighted by Gasteiger charge is -2.19. The highest BCUT2D eigenvalue weighted by Crippen LogP contribution is 2.30. The predicted molar refractivity (Wildman–Crippen MR) is 90.4 cm³/mol. The van der Waals surface area contributed by atoms with Crippen molar-refractivity contribution in [3.8, 4) is 0 Å². The Morgan fingerprint density at radius 3 is 2.43 bits per heavy atom. The van der Waals surface area contributed by atoms with Gasteiger partial charge in [0.2, 0.25) is 0 Å². The number of benzene rings is 2. The predicted octanol–water partition coefficient (Wildman–Crippen LogP) is 5.06. The number of thiocarbonyl (C=S) groups is 1. The van der Waals surface area contributed by atoms with E-state index in [1.165, 1.54) is 6.07 Å². The van der Waals surface area contributed by atoms with Gasteiger partial charge in [-0.15, -0.1) is 0 Å². The zero-order valence-electron chi connectivity index (χ0n) is 12.7. The first-order chi connectivity index (χ1) is 10.8. The van der Waals surface area contributed by atoms with Crippen LogP contribution in [0.4, 0.5) is 18.9 Å². The Morgan fingerprint density at radius 1 is 1.09 bits per heavy atom. The van der Waals surface area contributed by atoms with E-state index in [2.05, 4.69) is 10.6 Å². The molecule has 2 nitrogen and oxygen atoms in total. The fraction of sp³-hybridized carbons (Fsp3) is 0.235. The van der Waals surface area contributed by atoms with Gasteiger partial charge in [-0.3, -0.25) is 0 Å². The number of hydrogen-bond acceptors (Lipinski definition) is 1. The zero-order valence-corrected chi connectivity index (χ0v) is 13.6. The summed E-state index contributed by atoms with van der Waals surface area (Å²) >= 11 is 5.19. The van der Waals surface area contributed by atoms with Crippen LogP contribution in [0, 0.1) is 6.92 Å². The van der Waals surface area contributed by atoms with Crippen molar-refractivity contribution in [1.29, 1.82) is 0 Å². The molecule has 0 aliphatic rings. The van der Waals surface area contributed by atoms with Gasteiger partial charge in [0.05, 0.1) is 11.6 Å². The van der Waals surface area contributed by atoms with Crippen LogP contribution in [0.2, 0.25) is 0 Å². The molecule has 122 valence electrons. The van der Waals surface area contributed by atoms with Gasteiger partial charge in [0, 0.05) is 5.69 Å². The minimum atomic E-state index is -4.37. The first-order valence-corrected chi connectivity index (χ1v) is 7.48. The van der Waals surface area contributed by atoms with E-state index in [4.69, 9.17) is 12.2 Å². The third kappa shape index (κ3) is 4.69. The maximum atomic E-state index is 12.7. The van der Waals surface area contributed by atoms with Gasteiger partial charge in [-0.2, -0.15) is 13.2 Å².